The second kappa shape index (κ2) is 56.6. The normalized spacial score (nSPS) is 10.7. The molecule has 0 saturated carbocycles. The number of aromatic nitrogens is 5. The molecule has 0 aliphatic heterocycles. The summed E-state index contributed by atoms with van der Waals surface area (Å²) < 4.78 is 87.6. The van der Waals surface area contributed by atoms with Gasteiger partial charge in [-0.25, -0.2) is 29.3 Å². The van der Waals surface area contributed by atoms with Gasteiger partial charge in [0, 0.05) is 75.9 Å². The first-order chi connectivity index (χ1) is 72.7. The Morgan fingerprint density at radius 3 is 0.813 bits per heavy atom. The van der Waals surface area contributed by atoms with Crippen LogP contribution in [-0.4, -0.2) is 158 Å². The standard InChI is InChI=1S/C23H20Cl2N2O4.C23H21ClN2O4.C23H21FN2O4.C23H21N3O6.C22H20N2O3/c1-29-20-11-14(12-21(30-2)22(20)31-3)6-9-19(28)16-5-4-10-26-23(16)27-18-8-7-15(24)13-17(18)25;2*1-28-20-13-15(14-21(29-2)22(20)30-3)6-11-19(27)18-5-4-12-25-23(18)26-17-9-7-16(24)8-10-17;1-30-20-13-15(14-21(31-2)22(20)32-3)6-11-19(27)18-5-4-12-24-23(18)25-16-7-9-17(10-8-16)26(28)29;1-26-20-13-11-16(15-21(20)27-2)10-12-19(25)18-9-6-14-23-22(18)24-17-7-4-3-5-8-17/h4-13H,1-3H3,(H,26,27);2*4-14H,1-3H3,(H,25,26);4-14H,1-3H3,(H,24,25);3-15H,1-2H3,(H,23,24)/b9-6+;3*11-6+;12-10+. The number of allylic oxidation sites excluding steroid dienone is 5. The van der Waals surface area contributed by atoms with Crippen molar-refractivity contribution in [2.75, 3.05) is 126 Å². The fourth-order valence-corrected chi connectivity index (χ4v) is 14.7. The summed E-state index contributed by atoms with van der Waals surface area (Å²) in [7, 11) is 21.5. The van der Waals surface area contributed by atoms with Gasteiger partial charge >= 0.3 is 0 Å². The summed E-state index contributed by atoms with van der Waals surface area (Å²) in [6, 6.07) is 69.8. The maximum absolute atomic E-state index is 13.1. The molecule has 10 aromatic carbocycles. The summed E-state index contributed by atoms with van der Waals surface area (Å²) in [6.07, 6.45) is 23.7. The zero-order chi connectivity index (χ0) is 108. The number of carbonyl (C=O) groups excluding carboxylic acids is 5. The van der Waals surface area contributed by atoms with E-state index < -0.39 is 4.92 Å². The minimum absolute atomic E-state index is 0.0267. The smallest absolute Gasteiger partial charge is 0.269 e. The molecule has 0 fully saturated rings. The number of hydrogen-bond acceptors (Lipinski definition) is 31. The topological polar surface area (TPSA) is 382 Å². The molecule has 5 aromatic heterocycles. The maximum Gasteiger partial charge on any atom is 0.269 e. The van der Waals surface area contributed by atoms with E-state index in [0.717, 1.165) is 22.5 Å². The second-order valence-electron chi connectivity index (χ2n) is 30.9. The number of rotatable bonds is 40. The first-order valence-corrected chi connectivity index (χ1v) is 46.3. The molecule has 0 amide bonds. The molecule has 15 aromatic rings. The van der Waals surface area contributed by atoms with E-state index in [1.54, 1.807) is 260 Å². The number of nitro groups is 1. The van der Waals surface area contributed by atoms with Crippen LogP contribution in [0.2, 0.25) is 15.1 Å². The lowest BCUT2D eigenvalue weighted by Crippen LogP contribution is -2.04. The van der Waals surface area contributed by atoms with Crippen molar-refractivity contribution in [2.45, 2.75) is 0 Å². The Kier molecular flexibility index (Phi) is 42.2. The summed E-state index contributed by atoms with van der Waals surface area (Å²) in [5.41, 5.74) is 9.11. The van der Waals surface area contributed by atoms with Crippen molar-refractivity contribution in [2.24, 2.45) is 0 Å². The number of para-hydroxylation sites is 1. The molecule has 0 bridgehead atoms. The molecule has 0 atom stereocenters. The molecule has 0 aliphatic carbocycles. The molecule has 0 radical (unpaired) electrons. The molecular weight excluding hydrogens is 1980 g/mol. The van der Waals surface area contributed by atoms with Gasteiger partial charge in [0.2, 0.25) is 23.0 Å². The Labute approximate surface area is 879 Å². The average Bonchev–Trinajstić information content (AvgIpc) is 0.827. The van der Waals surface area contributed by atoms with E-state index in [-0.39, 0.29) is 40.4 Å². The third kappa shape index (κ3) is 31.2. The van der Waals surface area contributed by atoms with Crippen LogP contribution in [0.1, 0.15) is 79.6 Å². The number of ketones is 5. The van der Waals surface area contributed by atoms with Gasteiger partial charge in [0.1, 0.15) is 34.9 Å². The van der Waals surface area contributed by atoms with E-state index >= 15 is 0 Å². The molecule has 5 N–H and O–H groups in total. The Morgan fingerprint density at radius 2 is 0.533 bits per heavy atom. The Balaban J connectivity index is 0.000000178. The lowest BCUT2D eigenvalue weighted by atomic mass is 10.1. The monoisotopic (exact) mass is 2090 g/mol. The van der Waals surface area contributed by atoms with Crippen molar-refractivity contribution >= 4 is 157 Å². The lowest BCUT2D eigenvalue weighted by Gasteiger charge is -2.13. The fourth-order valence-electron chi connectivity index (χ4n) is 14.1. The number of benzene rings is 10. The molecule has 32 nitrogen and oxygen atoms in total. The zero-order valence-corrected chi connectivity index (χ0v) is 85.9. The van der Waals surface area contributed by atoms with Gasteiger partial charge in [-0.05, 0) is 271 Å². The number of nitrogens with zero attached hydrogens (tertiary/aromatic N) is 6. The maximum atomic E-state index is 13.1. The highest BCUT2D eigenvalue weighted by molar-refractivity contribution is 6.36. The molecule has 0 saturated heterocycles. The van der Waals surface area contributed by atoms with Crippen molar-refractivity contribution in [1.29, 1.82) is 0 Å². The molecule has 5 heterocycles. The van der Waals surface area contributed by atoms with Crippen LogP contribution in [0, 0.1) is 15.9 Å². The van der Waals surface area contributed by atoms with Gasteiger partial charge in [-0.3, -0.25) is 34.1 Å². The van der Waals surface area contributed by atoms with Crippen LogP contribution in [0.3, 0.4) is 0 Å². The number of pyridine rings is 5. The quantitative estimate of drug-likeness (QED) is 0.0103. The molecular formula is C114H103Cl3FN11O21. The predicted molar refractivity (Wildman–Crippen MR) is 582 cm³/mol. The summed E-state index contributed by atoms with van der Waals surface area (Å²) in [6.45, 7) is 0. The zero-order valence-electron chi connectivity index (χ0n) is 83.6. The van der Waals surface area contributed by atoms with Crippen molar-refractivity contribution in [3.05, 3.63) is 397 Å². The van der Waals surface area contributed by atoms with Crippen molar-refractivity contribution in [1.82, 2.24) is 24.9 Å². The van der Waals surface area contributed by atoms with Gasteiger partial charge in [-0.15, -0.1) is 0 Å². The first-order valence-electron chi connectivity index (χ1n) is 45.1. The minimum atomic E-state index is -0.479. The van der Waals surface area contributed by atoms with Gasteiger partial charge in [0.05, 0.1) is 143 Å². The molecule has 15 rings (SSSR count). The van der Waals surface area contributed by atoms with Gasteiger partial charge in [-0.1, -0.05) is 89.4 Å². The van der Waals surface area contributed by atoms with E-state index in [1.165, 1.54) is 126 Å². The number of nitro benzene ring substituents is 1. The van der Waals surface area contributed by atoms with Crippen LogP contribution >= 0.6 is 34.8 Å². The summed E-state index contributed by atoms with van der Waals surface area (Å²) in [5, 5.41) is 27.9. The highest BCUT2D eigenvalue weighted by Crippen LogP contribution is 2.44. The second-order valence-corrected chi connectivity index (χ2v) is 32.1. The van der Waals surface area contributed by atoms with Crippen LogP contribution in [0.5, 0.6) is 80.5 Å². The number of hydrogen-bond donors (Lipinski definition) is 5. The number of non-ortho nitro benzene ring substituents is 1. The van der Waals surface area contributed by atoms with Crippen molar-refractivity contribution in [3.8, 4) is 80.5 Å². The molecule has 0 spiro atoms. The lowest BCUT2D eigenvalue weighted by molar-refractivity contribution is -0.384. The molecule has 768 valence electrons. The van der Waals surface area contributed by atoms with Gasteiger partial charge < -0.3 is 92.9 Å². The van der Waals surface area contributed by atoms with E-state index in [9.17, 15) is 38.5 Å². The van der Waals surface area contributed by atoms with Crippen LogP contribution in [0.15, 0.2) is 310 Å². The number of halogens is 4. The van der Waals surface area contributed by atoms with E-state index in [1.807, 2.05) is 54.6 Å². The highest BCUT2D eigenvalue weighted by Gasteiger charge is 2.23. The van der Waals surface area contributed by atoms with Crippen LogP contribution in [0.25, 0.3) is 30.4 Å². The van der Waals surface area contributed by atoms with E-state index in [0.29, 0.717) is 186 Å². The summed E-state index contributed by atoms with van der Waals surface area (Å²) in [5.74, 6) is 7.70. The average molecular weight is 2090 g/mol. The number of methoxy groups -OCH3 is 14. The fraction of sp³-hybridized carbons (Fsp3) is 0.123. The number of anilines is 10. The Hall–Kier alpha value is -18.6. The van der Waals surface area contributed by atoms with Crippen molar-refractivity contribution in [3.63, 3.8) is 0 Å². The Bertz CT molecular complexity index is 7120. The third-order valence-corrected chi connectivity index (χ3v) is 22.2. The largest absolute Gasteiger partial charge is 0.493 e. The van der Waals surface area contributed by atoms with Crippen LogP contribution < -0.4 is 92.9 Å². The van der Waals surface area contributed by atoms with E-state index in [4.69, 9.17) is 101 Å². The number of carbonyl (C=O) groups is 5. The molecule has 150 heavy (non-hydrogen) atoms. The molecule has 0 unspecified atom stereocenters. The molecule has 0 aliphatic rings. The van der Waals surface area contributed by atoms with E-state index in [2.05, 4.69) is 51.5 Å². The minimum Gasteiger partial charge on any atom is -0.493 e. The highest BCUT2D eigenvalue weighted by atomic mass is 35.5. The van der Waals surface area contributed by atoms with Gasteiger partial charge in [-0.2, -0.15) is 0 Å². The predicted octanol–water partition coefficient (Wildman–Crippen LogP) is 25.7. The van der Waals surface area contributed by atoms with Crippen LogP contribution in [-0.2, 0) is 0 Å². The Morgan fingerprint density at radius 1 is 0.273 bits per heavy atom. The van der Waals surface area contributed by atoms with Crippen LogP contribution in [0.4, 0.5) is 67.6 Å². The summed E-state index contributed by atoms with van der Waals surface area (Å²) in [4.78, 5) is 95.7. The SMILES string of the molecule is COc1cc(/C=C/C(=O)c2cccnc2Nc2ccc(Cl)cc2)cc(OC)c1OC.COc1cc(/C=C/C(=O)c2cccnc2Nc2ccc(Cl)cc2Cl)cc(OC)c1OC.COc1cc(/C=C/C(=O)c2cccnc2Nc2ccc(F)cc2)cc(OC)c1OC.COc1cc(/C=C/C(=O)c2cccnc2Nc2ccc([N+](=O)[O-])cc2)cc(OC)c1OC.COc1ccc(/C=C/C(=O)c2cccnc2Nc2ccccc2)cc1OC. The summed E-state index contributed by atoms with van der Waals surface area (Å²) >= 11 is 18.1. The first kappa shape index (κ1) is 112. The third-order valence-electron chi connectivity index (χ3n) is 21.4. The van der Waals surface area contributed by atoms with Gasteiger partial charge in [0.15, 0.2) is 86.4 Å². The number of ether oxygens (including phenoxy) is 14. The number of nitrogens with one attached hydrogen (secondary N) is 5. The van der Waals surface area contributed by atoms with Crippen molar-refractivity contribution < 1.29 is 99.6 Å². The van der Waals surface area contributed by atoms with Gasteiger partial charge in [0.25, 0.3) is 5.69 Å². The molecule has 36 heteroatoms.